The van der Waals surface area contributed by atoms with E-state index in [1.165, 1.54) is 6.33 Å². The van der Waals surface area contributed by atoms with E-state index in [9.17, 15) is 0 Å². The average Bonchev–Trinajstić information content (AvgIpc) is 2.33. The number of hydrogen-bond donors (Lipinski definition) is 2. The summed E-state index contributed by atoms with van der Waals surface area (Å²) in [5.74, 6) is 1.03. The molecule has 0 amide bonds. The number of anilines is 2. The summed E-state index contributed by atoms with van der Waals surface area (Å²) in [7, 11) is 0. The minimum absolute atomic E-state index is 0.0352. The third-order valence-electron chi connectivity index (χ3n) is 2.16. The van der Waals surface area contributed by atoms with Gasteiger partial charge in [-0.05, 0) is 27.2 Å². The lowest BCUT2D eigenvalue weighted by molar-refractivity contribution is 0.147. The summed E-state index contributed by atoms with van der Waals surface area (Å²) in [5.41, 5.74) is 6.38. The Labute approximate surface area is 108 Å². The van der Waals surface area contributed by atoms with Gasteiger partial charge in [-0.25, -0.2) is 4.98 Å². The molecule has 102 valence electrons. The lowest BCUT2D eigenvalue weighted by Crippen LogP contribution is -2.13. The van der Waals surface area contributed by atoms with Crippen molar-refractivity contribution in [2.45, 2.75) is 33.3 Å². The molecule has 6 nitrogen and oxygen atoms in total. The topological polar surface area (TPSA) is 82.3 Å². The van der Waals surface area contributed by atoms with E-state index < -0.39 is 0 Å². The fraction of sp³-hybridized carbons (Fsp3) is 0.667. The minimum Gasteiger partial charge on any atom is -0.473 e. The third kappa shape index (κ3) is 4.75. The first-order valence-electron chi connectivity index (χ1n) is 6.23. The van der Waals surface area contributed by atoms with E-state index in [0.29, 0.717) is 17.4 Å². The molecule has 6 heteroatoms. The van der Waals surface area contributed by atoms with E-state index in [0.717, 1.165) is 26.2 Å². The maximum Gasteiger partial charge on any atom is 0.242 e. The van der Waals surface area contributed by atoms with Gasteiger partial charge < -0.3 is 20.5 Å². The van der Waals surface area contributed by atoms with Crippen LogP contribution in [0.3, 0.4) is 0 Å². The highest BCUT2D eigenvalue weighted by molar-refractivity contribution is 5.66. The van der Waals surface area contributed by atoms with Crippen LogP contribution in [0.1, 0.15) is 27.2 Å². The van der Waals surface area contributed by atoms with Gasteiger partial charge in [0.25, 0.3) is 0 Å². The summed E-state index contributed by atoms with van der Waals surface area (Å²) >= 11 is 0. The van der Waals surface area contributed by atoms with E-state index in [1.54, 1.807) is 0 Å². The van der Waals surface area contributed by atoms with E-state index in [-0.39, 0.29) is 6.10 Å². The van der Waals surface area contributed by atoms with Crippen LogP contribution in [-0.4, -0.2) is 35.8 Å². The molecule has 0 aliphatic rings. The van der Waals surface area contributed by atoms with E-state index in [4.69, 9.17) is 15.2 Å². The third-order valence-corrected chi connectivity index (χ3v) is 2.16. The molecule has 1 aromatic heterocycles. The monoisotopic (exact) mass is 254 g/mol. The van der Waals surface area contributed by atoms with Gasteiger partial charge in [0.05, 0.1) is 6.10 Å². The van der Waals surface area contributed by atoms with Crippen LogP contribution in [-0.2, 0) is 4.74 Å². The maximum atomic E-state index is 5.93. The fourth-order valence-electron chi connectivity index (χ4n) is 1.36. The van der Waals surface area contributed by atoms with Crippen molar-refractivity contribution in [3.05, 3.63) is 6.33 Å². The second-order valence-corrected chi connectivity index (χ2v) is 4.08. The Morgan fingerprint density at radius 3 is 2.83 bits per heavy atom. The Bertz CT molecular complexity index is 358. The van der Waals surface area contributed by atoms with Crippen molar-refractivity contribution in [3.63, 3.8) is 0 Å². The molecule has 0 aliphatic heterocycles. The van der Waals surface area contributed by atoms with Crippen LogP contribution in [0.25, 0.3) is 0 Å². The van der Waals surface area contributed by atoms with Gasteiger partial charge in [0.1, 0.15) is 12.0 Å². The van der Waals surface area contributed by atoms with Crippen LogP contribution in [0, 0.1) is 0 Å². The largest absolute Gasteiger partial charge is 0.473 e. The number of nitrogen functional groups attached to an aromatic ring is 1. The second kappa shape index (κ2) is 7.71. The normalized spacial score (nSPS) is 10.7. The summed E-state index contributed by atoms with van der Waals surface area (Å²) < 4.78 is 10.7. The van der Waals surface area contributed by atoms with Crippen molar-refractivity contribution < 1.29 is 9.47 Å². The Morgan fingerprint density at radius 1 is 1.39 bits per heavy atom. The Morgan fingerprint density at radius 2 is 2.17 bits per heavy atom. The molecule has 0 saturated heterocycles. The second-order valence-electron chi connectivity index (χ2n) is 4.08. The van der Waals surface area contributed by atoms with Crippen molar-refractivity contribution in [3.8, 4) is 5.88 Å². The maximum absolute atomic E-state index is 5.93. The number of rotatable bonds is 8. The molecule has 0 spiro atoms. The number of ether oxygens (including phenoxy) is 2. The first-order chi connectivity index (χ1) is 8.65. The number of nitrogens with zero attached hydrogens (tertiary/aromatic N) is 2. The van der Waals surface area contributed by atoms with Crippen LogP contribution in [0.4, 0.5) is 11.5 Å². The molecule has 0 aromatic carbocycles. The number of nitrogens with two attached hydrogens (primary N) is 1. The van der Waals surface area contributed by atoms with Crippen LogP contribution >= 0.6 is 0 Å². The van der Waals surface area contributed by atoms with Gasteiger partial charge in [0.2, 0.25) is 5.88 Å². The van der Waals surface area contributed by atoms with E-state index in [2.05, 4.69) is 15.3 Å². The molecule has 0 saturated carbocycles. The number of nitrogens with one attached hydrogen (secondary N) is 1. The SMILES string of the molecule is CCOCCCNc1ncnc(OC(C)C)c1N. The zero-order valence-corrected chi connectivity index (χ0v) is 11.3. The minimum atomic E-state index is 0.0352. The van der Waals surface area contributed by atoms with Crippen LogP contribution < -0.4 is 15.8 Å². The van der Waals surface area contributed by atoms with Crippen molar-refractivity contribution in [1.82, 2.24) is 9.97 Å². The highest BCUT2D eigenvalue weighted by atomic mass is 16.5. The molecule has 0 bridgehead atoms. The molecule has 0 atom stereocenters. The van der Waals surface area contributed by atoms with Gasteiger partial charge in [-0.3, -0.25) is 0 Å². The zero-order chi connectivity index (χ0) is 13.4. The summed E-state index contributed by atoms with van der Waals surface area (Å²) in [5, 5.41) is 3.15. The highest BCUT2D eigenvalue weighted by Crippen LogP contribution is 2.25. The van der Waals surface area contributed by atoms with Crippen LogP contribution in [0.15, 0.2) is 6.33 Å². The van der Waals surface area contributed by atoms with E-state index >= 15 is 0 Å². The van der Waals surface area contributed by atoms with Crippen LogP contribution in [0.2, 0.25) is 0 Å². The van der Waals surface area contributed by atoms with Crippen molar-refractivity contribution >= 4 is 11.5 Å². The number of aromatic nitrogens is 2. The van der Waals surface area contributed by atoms with Gasteiger partial charge in [0, 0.05) is 19.8 Å². The summed E-state index contributed by atoms with van der Waals surface area (Å²) in [6.07, 6.45) is 2.38. The summed E-state index contributed by atoms with van der Waals surface area (Å²) in [6, 6.07) is 0. The molecular formula is C12H22N4O2. The Balaban J connectivity index is 2.50. The highest BCUT2D eigenvalue weighted by Gasteiger charge is 2.09. The predicted molar refractivity (Wildman–Crippen MR) is 71.8 cm³/mol. The fourth-order valence-corrected chi connectivity index (χ4v) is 1.36. The standard InChI is InChI=1S/C12H22N4O2/c1-4-17-7-5-6-14-11-10(13)12(16-8-15-11)18-9(2)3/h8-9H,4-7,13H2,1-3H3,(H,14,15,16). The zero-order valence-electron chi connectivity index (χ0n) is 11.3. The van der Waals surface area contributed by atoms with Crippen molar-refractivity contribution in [2.24, 2.45) is 0 Å². The van der Waals surface area contributed by atoms with Crippen LogP contribution in [0.5, 0.6) is 5.88 Å². The number of hydrogen-bond acceptors (Lipinski definition) is 6. The lowest BCUT2D eigenvalue weighted by atomic mass is 10.4. The smallest absolute Gasteiger partial charge is 0.242 e. The van der Waals surface area contributed by atoms with Gasteiger partial charge in [-0.15, -0.1) is 0 Å². The molecule has 0 aliphatic carbocycles. The lowest BCUT2D eigenvalue weighted by Gasteiger charge is -2.13. The van der Waals surface area contributed by atoms with Crippen molar-refractivity contribution in [2.75, 3.05) is 30.8 Å². The summed E-state index contributed by atoms with van der Waals surface area (Å²) in [6.45, 7) is 8.05. The quantitative estimate of drug-likeness (QED) is 0.687. The van der Waals surface area contributed by atoms with Gasteiger partial charge in [0.15, 0.2) is 5.82 Å². The molecule has 1 aromatic rings. The molecule has 1 rings (SSSR count). The first kappa shape index (κ1) is 14.5. The molecule has 0 unspecified atom stereocenters. The molecule has 1 heterocycles. The Hall–Kier alpha value is -1.56. The average molecular weight is 254 g/mol. The Kier molecular flexibility index (Phi) is 6.21. The predicted octanol–water partition coefficient (Wildman–Crippen LogP) is 1.68. The molecule has 0 fully saturated rings. The molecule has 0 radical (unpaired) electrons. The first-order valence-corrected chi connectivity index (χ1v) is 6.23. The molecule has 3 N–H and O–H groups in total. The van der Waals surface area contributed by atoms with Crippen molar-refractivity contribution in [1.29, 1.82) is 0 Å². The molecule has 18 heavy (non-hydrogen) atoms. The summed E-state index contributed by atoms with van der Waals surface area (Å²) in [4.78, 5) is 8.11. The van der Waals surface area contributed by atoms with Gasteiger partial charge >= 0.3 is 0 Å². The van der Waals surface area contributed by atoms with Gasteiger partial charge in [-0.2, -0.15) is 4.98 Å². The van der Waals surface area contributed by atoms with Gasteiger partial charge in [-0.1, -0.05) is 0 Å². The van der Waals surface area contributed by atoms with E-state index in [1.807, 2.05) is 20.8 Å². The molecular weight excluding hydrogens is 232 g/mol.